The van der Waals surface area contributed by atoms with Crippen LogP contribution in [-0.4, -0.2) is 33.5 Å². The van der Waals surface area contributed by atoms with Crippen molar-refractivity contribution in [2.45, 2.75) is 26.9 Å². The van der Waals surface area contributed by atoms with E-state index < -0.39 is 0 Å². The van der Waals surface area contributed by atoms with Crippen LogP contribution in [0.3, 0.4) is 0 Å². The van der Waals surface area contributed by atoms with E-state index in [0.717, 1.165) is 119 Å². The Morgan fingerprint density at radius 3 is 0.947 bits per heavy atom. The number of ether oxygens (including phenoxy) is 4. The molecule has 0 aliphatic heterocycles. The van der Waals surface area contributed by atoms with Gasteiger partial charge in [0.25, 0.3) is 0 Å². The molecular formula is C87H74N4O4. The summed E-state index contributed by atoms with van der Waals surface area (Å²) in [6.07, 6.45) is 6.79. The number of rotatable bonds is 21. The second-order valence-electron chi connectivity index (χ2n) is 23.7. The van der Waals surface area contributed by atoms with E-state index in [4.69, 9.17) is 18.9 Å². The van der Waals surface area contributed by atoms with Gasteiger partial charge in [0.1, 0.15) is 17.2 Å². The molecule has 95 heavy (non-hydrogen) atoms. The predicted molar refractivity (Wildman–Crippen MR) is 396 cm³/mol. The van der Waals surface area contributed by atoms with Crippen LogP contribution in [0.2, 0.25) is 0 Å². The van der Waals surface area contributed by atoms with Crippen LogP contribution in [0.25, 0.3) is 54.9 Å². The predicted octanol–water partition coefficient (Wildman–Crippen LogP) is 23.5. The van der Waals surface area contributed by atoms with E-state index in [2.05, 4.69) is 319 Å². The summed E-state index contributed by atoms with van der Waals surface area (Å²) in [5, 5.41) is 4.77. The van der Waals surface area contributed by atoms with Crippen LogP contribution in [0, 0.1) is 5.92 Å². The highest BCUT2D eigenvalue weighted by atomic mass is 16.5. The van der Waals surface area contributed by atoms with Gasteiger partial charge in [0.05, 0.1) is 38.3 Å². The summed E-state index contributed by atoms with van der Waals surface area (Å²) >= 11 is 0. The first kappa shape index (κ1) is 61.0. The molecule has 8 nitrogen and oxygen atoms in total. The van der Waals surface area contributed by atoms with Crippen LogP contribution in [0.1, 0.15) is 20.8 Å². The molecule has 0 aromatic heterocycles. The molecule has 0 fully saturated rings. The van der Waals surface area contributed by atoms with Gasteiger partial charge in [-0.1, -0.05) is 165 Å². The SMILES string of the molecule is CCOc1ccc(N(c2ccc(-c3ccc(N(c4ccc(OC)cc4)c4ccc(-c5ccc(N(c6ccc(OC)cc6)c6ccc(-c7ccc(N(C8=CC(C)C(OCC)C=C8)c8cccc9ccccc89)cc7)cc6)cc5)cc4)cc3)cc2)c2cccc3ccccc23)cc1. The fraction of sp³-hybridized carbons (Fsp3) is 0.103. The minimum absolute atomic E-state index is 0.0482. The molecule has 1 aliphatic carbocycles. The van der Waals surface area contributed by atoms with Gasteiger partial charge in [-0.05, 0) is 222 Å². The molecule has 0 amide bonds. The Bertz CT molecular complexity index is 4790. The Labute approximate surface area is 557 Å². The Hall–Kier alpha value is -11.6. The van der Waals surface area contributed by atoms with Crippen LogP contribution in [0.15, 0.2) is 327 Å². The van der Waals surface area contributed by atoms with E-state index in [-0.39, 0.29) is 12.0 Å². The number of fused-ring (bicyclic) bond motifs is 2. The topological polar surface area (TPSA) is 49.9 Å². The zero-order valence-electron chi connectivity index (χ0n) is 54.1. The van der Waals surface area contributed by atoms with Gasteiger partial charge in [-0.15, -0.1) is 0 Å². The monoisotopic (exact) mass is 1240 g/mol. The minimum atomic E-state index is 0.0482. The Balaban J connectivity index is 0.718. The molecule has 8 heteroatoms. The van der Waals surface area contributed by atoms with Crippen molar-refractivity contribution in [2.75, 3.05) is 47.0 Å². The molecule has 0 bridgehead atoms. The summed E-state index contributed by atoms with van der Waals surface area (Å²) in [7, 11) is 3.41. The van der Waals surface area contributed by atoms with Crippen LogP contribution < -0.4 is 33.8 Å². The van der Waals surface area contributed by atoms with Gasteiger partial charge in [-0.25, -0.2) is 0 Å². The molecule has 1 aliphatic rings. The normalized spacial score (nSPS) is 13.5. The van der Waals surface area contributed by atoms with Gasteiger partial charge >= 0.3 is 0 Å². The number of hydrogen-bond donors (Lipinski definition) is 0. The van der Waals surface area contributed by atoms with Gasteiger partial charge in [0.2, 0.25) is 0 Å². The van der Waals surface area contributed by atoms with Crippen LogP contribution in [0.4, 0.5) is 62.6 Å². The van der Waals surface area contributed by atoms with E-state index in [1.54, 1.807) is 14.2 Å². The minimum Gasteiger partial charge on any atom is -0.497 e. The van der Waals surface area contributed by atoms with Crippen molar-refractivity contribution in [1.82, 2.24) is 0 Å². The first-order valence-corrected chi connectivity index (χ1v) is 32.6. The molecule has 2 atom stereocenters. The van der Waals surface area contributed by atoms with Crippen molar-refractivity contribution in [1.29, 1.82) is 0 Å². The molecule has 14 rings (SSSR count). The lowest BCUT2D eigenvalue weighted by Gasteiger charge is -2.32. The average Bonchev–Trinajstić information content (AvgIpc) is 0.809. The van der Waals surface area contributed by atoms with Crippen LogP contribution in [-0.2, 0) is 4.74 Å². The summed E-state index contributed by atoms with van der Waals surface area (Å²) in [6, 6.07) is 108. The summed E-state index contributed by atoms with van der Waals surface area (Å²) in [5.41, 5.74) is 19.5. The van der Waals surface area contributed by atoms with E-state index in [1.807, 2.05) is 43.3 Å². The second-order valence-corrected chi connectivity index (χ2v) is 23.7. The lowest BCUT2D eigenvalue weighted by Crippen LogP contribution is -2.25. The summed E-state index contributed by atoms with van der Waals surface area (Å²) in [5.74, 6) is 2.67. The van der Waals surface area contributed by atoms with Crippen molar-refractivity contribution in [3.8, 4) is 50.6 Å². The van der Waals surface area contributed by atoms with E-state index in [0.29, 0.717) is 13.2 Å². The van der Waals surface area contributed by atoms with E-state index in [1.165, 1.54) is 21.5 Å². The second kappa shape index (κ2) is 27.7. The summed E-state index contributed by atoms with van der Waals surface area (Å²) in [4.78, 5) is 9.29. The number of hydrogen-bond acceptors (Lipinski definition) is 8. The largest absolute Gasteiger partial charge is 0.497 e. The summed E-state index contributed by atoms with van der Waals surface area (Å²) < 4.78 is 23.1. The smallest absolute Gasteiger partial charge is 0.119 e. The van der Waals surface area contributed by atoms with Crippen molar-refractivity contribution in [3.05, 3.63) is 327 Å². The van der Waals surface area contributed by atoms with Gasteiger partial charge in [0.15, 0.2) is 0 Å². The Kier molecular flexibility index (Phi) is 17.8. The molecule has 0 heterocycles. The summed E-state index contributed by atoms with van der Waals surface area (Å²) in [6.45, 7) is 7.59. The molecule has 0 saturated carbocycles. The highest BCUT2D eigenvalue weighted by Crippen LogP contribution is 2.44. The Morgan fingerprint density at radius 2 is 0.611 bits per heavy atom. The molecular weight excluding hydrogens is 1160 g/mol. The maximum atomic E-state index is 6.08. The molecule has 13 aromatic rings. The van der Waals surface area contributed by atoms with E-state index in [9.17, 15) is 0 Å². The van der Waals surface area contributed by atoms with Gasteiger partial charge in [0, 0.05) is 80.2 Å². The zero-order chi connectivity index (χ0) is 64.6. The third-order valence-corrected chi connectivity index (χ3v) is 17.9. The van der Waals surface area contributed by atoms with Crippen molar-refractivity contribution in [3.63, 3.8) is 0 Å². The highest BCUT2D eigenvalue weighted by molar-refractivity contribution is 6.00. The quantitative estimate of drug-likeness (QED) is 0.0705. The molecule has 0 radical (unpaired) electrons. The molecule has 13 aromatic carbocycles. The first-order valence-electron chi connectivity index (χ1n) is 32.6. The molecule has 0 N–H and O–H groups in total. The third-order valence-electron chi connectivity index (χ3n) is 17.9. The van der Waals surface area contributed by atoms with Crippen molar-refractivity contribution < 1.29 is 18.9 Å². The fourth-order valence-corrected chi connectivity index (χ4v) is 13.0. The van der Waals surface area contributed by atoms with Crippen LogP contribution >= 0.6 is 0 Å². The first-order chi connectivity index (χ1) is 46.8. The number of benzene rings is 13. The fourth-order valence-electron chi connectivity index (χ4n) is 13.0. The van der Waals surface area contributed by atoms with Gasteiger partial charge in [-0.2, -0.15) is 0 Å². The third kappa shape index (κ3) is 12.9. The highest BCUT2D eigenvalue weighted by Gasteiger charge is 2.24. The molecule has 0 spiro atoms. The number of anilines is 11. The number of nitrogens with zero attached hydrogens (tertiary/aromatic N) is 4. The maximum absolute atomic E-state index is 6.08. The van der Waals surface area contributed by atoms with E-state index >= 15 is 0 Å². The molecule has 0 saturated heterocycles. The lowest BCUT2D eigenvalue weighted by molar-refractivity contribution is 0.0713. The van der Waals surface area contributed by atoms with Gasteiger partial charge < -0.3 is 38.5 Å². The Morgan fingerprint density at radius 1 is 0.305 bits per heavy atom. The van der Waals surface area contributed by atoms with Crippen molar-refractivity contribution in [2.24, 2.45) is 5.92 Å². The van der Waals surface area contributed by atoms with Crippen molar-refractivity contribution >= 4 is 84.1 Å². The lowest BCUT2D eigenvalue weighted by atomic mass is 9.96. The van der Waals surface area contributed by atoms with Gasteiger partial charge in [-0.3, -0.25) is 0 Å². The molecule has 466 valence electrons. The zero-order valence-corrected chi connectivity index (χ0v) is 54.1. The number of allylic oxidation sites excluding steroid dienone is 1. The standard InChI is InChI=1S/C87H74N4O4/c1-6-94-82-57-50-78(51-58-82)90(85-20-12-16-68-14-8-10-18-83(68)85)76-42-30-66(31-43-76)64-26-38-72(39-27-64)88(74-46-53-80(92-4)54-47-74)70-34-22-62(23-35-70)63-24-36-71(37-25-63)89(75-48-55-81(93-5)56-49-75)73-40-28-65(29-41-73)67-32-44-77(45-33-67)91(79-52-59-87(95-7-2)61(3)60-79)86-21-13-17-69-15-9-11-19-84(69)86/h8-61,87H,6-7H2,1-5H3. The molecule has 2 unspecified atom stereocenters. The van der Waals surface area contributed by atoms with Crippen LogP contribution in [0.5, 0.6) is 17.2 Å². The maximum Gasteiger partial charge on any atom is 0.119 e. The average molecular weight is 1240 g/mol. The number of methoxy groups -OCH3 is 2.